The summed E-state index contributed by atoms with van der Waals surface area (Å²) >= 11 is 17.8. The lowest BCUT2D eigenvalue weighted by Gasteiger charge is -2.52. The van der Waals surface area contributed by atoms with Gasteiger partial charge in [-0.25, -0.2) is 28.5 Å². The summed E-state index contributed by atoms with van der Waals surface area (Å²) in [6, 6.07) is 4.32. The van der Waals surface area contributed by atoms with Crippen molar-refractivity contribution in [1.29, 1.82) is 0 Å². The summed E-state index contributed by atoms with van der Waals surface area (Å²) in [5.41, 5.74) is 0.138. The molecule has 368 valence electrons. The second kappa shape index (κ2) is 21.2. The molecule has 0 bridgehead atoms. The van der Waals surface area contributed by atoms with Crippen molar-refractivity contribution in [2.24, 2.45) is 0 Å². The average Bonchev–Trinajstić information content (AvgIpc) is 3.15. The molecule has 3 fully saturated rings. The van der Waals surface area contributed by atoms with E-state index in [1.165, 1.54) is 12.1 Å². The van der Waals surface area contributed by atoms with E-state index in [-0.39, 0.29) is 17.9 Å². The van der Waals surface area contributed by atoms with Gasteiger partial charge in [-0.2, -0.15) is 0 Å². The fourth-order valence-electron chi connectivity index (χ4n) is 7.81. The minimum Gasteiger partial charge on any atom is -0.463 e. The summed E-state index contributed by atoms with van der Waals surface area (Å²) in [7, 11) is -3.68. The van der Waals surface area contributed by atoms with Crippen LogP contribution in [0.5, 0.6) is 5.75 Å². The van der Waals surface area contributed by atoms with Crippen LogP contribution in [0, 0.1) is 6.92 Å². The summed E-state index contributed by atoms with van der Waals surface area (Å²) in [6.07, 6.45) is -15.5. The summed E-state index contributed by atoms with van der Waals surface area (Å²) in [4.78, 5) is 88.5. The van der Waals surface area contributed by atoms with Gasteiger partial charge in [0.25, 0.3) is 0 Å². The van der Waals surface area contributed by atoms with E-state index < -0.39 is 133 Å². The van der Waals surface area contributed by atoms with Crippen LogP contribution in [0.3, 0.4) is 0 Å². The quantitative estimate of drug-likeness (QED) is 0.0733. The monoisotopic (exact) mass is 1010 g/mol. The Morgan fingerprint density at radius 3 is 1.98 bits per heavy atom. The first-order valence-electron chi connectivity index (χ1n) is 20.6. The molecule has 25 heteroatoms. The van der Waals surface area contributed by atoms with E-state index >= 15 is 0 Å². The number of esters is 4. The number of carbonyl (C=O) groups excluding carboxylic acids is 5. The zero-order valence-electron chi connectivity index (χ0n) is 38.0. The van der Waals surface area contributed by atoms with Crippen LogP contribution in [0.2, 0.25) is 10.1 Å². The number of halogens is 3. The highest BCUT2D eigenvalue weighted by atomic mass is 35.6. The molecule has 3 saturated heterocycles. The van der Waals surface area contributed by atoms with Gasteiger partial charge in [0.15, 0.2) is 24.6 Å². The highest BCUT2D eigenvalue weighted by Gasteiger charge is 2.64. The van der Waals surface area contributed by atoms with Gasteiger partial charge < -0.3 is 52.4 Å². The number of benzene rings is 1. The summed E-state index contributed by atoms with van der Waals surface area (Å²) in [6.45, 7) is 15.5. The SMILES string of the molecule is CC(=O)OC[C@H]1O[C@@H](O[C@@H]2[C@@H](NC(=O)OCC(Cl)(Cl)Cl)[C@@H](Oc3ccc4c(C)cc(=O)oc4c3)O[C@@H]3COO[Si](C(C)(C)C)(C(C)(C)C)OO[C@H]23)[C@H](OC(C)=O)[C@@H](OC(C)=O)[C@H]1OC(C)=O. The Morgan fingerprint density at radius 2 is 1.39 bits per heavy atom. The lowest BCUT2D eigenvalue weighted by molar-refractivity contribution is -0.413. The first kappa shape index (κ1) is 53.1. The van der Waals surface area contributed by atoms with E-state index in [0.29, 0.717) is 10.9 Å². The number of amides is 1. The summed E-state index contributed by atoms with van der Waals surface area (Å²) in [5, 5.41) is 1.73. The number of hydrogen-bond donors (Lipinski definition) is 1. The number of alkyl carbamates (subject to hydrolysis) is 1. The van der Waals surface area contributed by atoms with Gasteiger partial charge in [0.1, 0.15) is 61.6 Å². The van der Waals surface area contributed by atoms with Crippen LogP contribution >= 0.6 is 34.8 Å². The van der Waals surface area contributed by atoms with Crippen molar-refractivity contribution < 1.29 is 90.0 Å². The van der Waals surface area contributed by atoms with Crippen molar-refractivity contribution in [3.63, 3.8) is 0 Å². The second-order valence-corrected chi connectivity index (χ2v) is 24.8. The number of rotatable bonds is 11. The maximum Gasteiger partial charge on any atom is 0.419 e. The molecule has 1 aromatic heterocycles. The smallest absolute Gasteiger partial charge is 0.419 e. The number of alkyl halides is 3. The number of hydrogen-bond acceptors (Lipinski definition) is 20. The molecule has 0 unspecified atom stereocenters. The molecule has 5 rings (SSSR count). The third-order valence-electron chi connectivity index (χ3n) is 10.4. The number of ether oxygens (including phenoxy) is 9. The molecule has 0 radical (unpaired) electrons. The Labute approximate surface area is 395 Å². The van der Waals surface area contributed by atoms with Crippen LogP contribution < -0.4 is 15.7 Å². The molecule has 0 spiro atoms. The van der Waals surface area contributed by atoms with Crippen molar-refractivity contribution in [1.82, 2.24) is 5.32 Å². The van der Waals surface area contributed by atoms with Gasteiger partial charge in [-0.1, -0.05) is 76.3 Å². The average molecular weight is 1020 g/mol. The van der Waals surface area contributed by atoms with E-state index in [1.807, 2.05) is 41.5 Å². The van der Waals surface area contributed by atoms with E-state index in [1.54, 1.807) is 19.1 Å². The number of aryl methyl sites for hydroxylation is 1. The topological polar surface area (TPSA) is 248 Å². The van der Waals surface area contributed by atoms with E-state index in [2.05, 4.69) is 5.32 Å². The third kappa shape index (κ3) is 13.0. The predicted octanol–water partition coefficient (Wildman–Crippen LogP) is 5.46. The minimum absolute atomic E-state index is 0.0549. The van der Waals surface area contributed by atoms with Gasteiger partial charge in [-0.3, -0.25) is 19.2 Å². The van der Waals surface area contributed by atoms with Crippen molar-refractivity contribution in [3.05, 3.63) is 40.2 Å². The van der Waals surface area contributed by atoms with Gasteiger partial charge >= 0.3 is 44.2 Å². The van der Waals surface area contributed by atoms with E-state index in [4.69, 9.17) is 101 Å². The first-order chi connectivity index (χ1) is 30.6. The maximum atomic E-state index is 13.7. The molecule has 1 N–H and O–H groups in total. The Kier molecular flexibility index (Phi) is 17.1. The zero-order chi connectivity index (χ0) is 49.1. The molecule has 0 aliphatic carbocycles. The van der Waals surface area contributed by atoms with Crippen molar-refractivity contribution in [2.75, 3.05) is 19.8 Å². The number of carbonyl (C=O) groups is 5. The third-order valence-corrected chi connectivity index (χ3v) is 15.3. The molecule has 1 aromatic carbocycles. The molecule has 3 aliphatic heterocycles. The molecule has 10 atom stereocenters. The Morgan fingerprint density at radius 1 is 0.773 bits per heavy atom. The van der Waals surface area contributed by atoms with Crippen LogP contribution in [-0.2, 0) is 76.0 Å². The van der Waals surface area contributed by atoms with Crippen molar-refractivity contribution in [3.8, 4) is 5.75 Å². The summed E-state index contributed by atoms with van der Waals surface area (Å²) < 4.78 is 69.3. The van der Waals surface area contributed by atoms with Crippen LogP contribution in [0.15, 0.2) is 33.5 Å². The normalized spacial score (nSPS) is 28.1. The van der Waals surface area contributed by atoms with Gasteiger partial charge in [0.2, 0.25) is 10.1 Å². The maximum absolute atomic E-state index is 13.7. The van der Waals surface area contributed by atoms with Crippen LogP contribution in [-0.4, -0.2) is 123 Å². The van der Waals surface area contributed by atoms with Crippen LogP contribution in [0.1, 0.15) is 74.8 Å². The highest BCUT2D eigenvalue weighted by molar-refractivity contribution is 6.73. The predicted molar refractivity (Wildman–Crippen MR) is 230 cm³/mol. The Hall–Kier alpha value is -3.81. The minimum atomic E-state index is -3.68. The van der Waals surface area contributed by atoms with Gasteiger partial charge in [-0.15, -0.1) is 0 Å². The largest absolute Gasteiger partial charge is 0.463 e. The van der Waals surface area contributed by atoms with E-state index in [9.17, 15) is 28.8 Å². The zero-order valence-corrected chi connectivity index (χ0v) is 41.3. The van der Waals surface area contributed by atoms with Gasteiger partial charge in [0.05, 0.1) is 0 Å². The Bertz CT molecular complexity index is 2140. The molecule has 0 saturated carbocycles. The molecule has 21 nitrogen and oxygen atoms in total. The van der Waals surface area contributed by atoms with Gasteiger partial charge in [0, 0.05) is 55.3 Å². The fraction of sp³-hybridized carbons (Fsp3) is 0.659. The summed E-state index contributed by atoms with van der Waals surface area (Å²) in [5.74, 6) is -3.40. The molecule has 4 heterocycles. The number of fused-ring (bicyclic) bond motifs is 2. The van der Waals surface area contributed by atoms with Crippen LogP contribution in [0.4, 0.5) is 4.79 Å². The molecule has 2 aromatic rings. The highest BCUT2D eigenvalue weighted by Crippen LogP contribution is 2.53. The van der Waals surface area contributed by atoms with Crippen LogP contribution in [0.25, 0.3) is 11.0 Å². The molecule has 66 heavy (non-hydrogen) atoms. The Balaban J connectivity index is 1.70. The molecular weight excluding hydrogens is 961 g/mol. The first-order valence-corrected chi connectivity index (χ1v) is 23.5. The fourth-order valence-corrected chi connectivity index (χ4v) is 11.7. The lowest BCUT2D eigenvalue weighted by Crippen LogP contribution is -2.71. The molecule has 1 amide bonds. The molecular formula is C41H54Cl3NO20Si. The van der Waals surface area contributed by atoms with E-state index in [0.717, 1.165) is 27.7 Å². The number of nitrogens with one attached hydrogen (secondary N) is 1. The lowest BCUT2D eigenvalue weighted by atomic mass is 9.95. The van der Waals surface area contributed by atoms with Gasteiger partial charge in [-0.05, 0) is 24.6 Å². The van der Waals surface area contributed by atoms with Crippen molar-refractivity contribution >= 4 is 84.3 Å². The second-order valence-electron chi connectivity index (χ2n) is 17.7. The van der Waals surface area contributed by atoms with Crippen molar-refractivity contribution in [2.45, 2.75) is 151 Å². The molecule has 3 aliphatic rings. The standard InChI is InChI=1S/C41H54Cl3NO20Si/c1-19-14-29(50)59-26-15-24(12-13-25(19)26)58-36-30(45-38(51)53-18-41(42,43)44)33(32-28(60-36)17-54-64-66(65-63-32,39(6,7)8)40(9,10)11)62-37-35(57-23(5)49)34(56-22(4)48)31(55-21(3)47)27(61-37)16-52-20(2)46/h12-15,27-28,30-37H,16-18H2,1-11H3,(H,45,51)/t27-,28-,30-,31+,32+,33-,34+,35-,36+,37+/m1/s1.